The van der Waals surface area contributed by atoms with Gasteiger partial charge in [0.1, 0.15) is 0 Å². The summed E-state index contributed by atoms with van der Waals surface area (Å²) in [6.07, 6.45) is 3.51. The number of rotatable bonds is 4. The van der Waals surface area contributed by atoms with Crippen LogP contribution in [-0.4, -0.2) is 53.0 Å². The molecule has 126 valence electrons. The number of anilines is 2. The van der Waals surface area contributed by atoms with Gasteiger partial charge in [-0.05, 0) is 32.0 Å². The van der Waals surface area contributed by atoms with Gasteiger partial charge in [0.2, 0.25) is 11.9 Å². The van der Waals surface area contributed by atoms with Gasteiger partial charge in [-0.3, -0.25) is 9.69 Å². The van der Waals surface area contributed by atoms with Crippen LogP contribution < -0.4 is 10.2 Å². The molecule has 0 spiro atoms. The first-order valence-corrected chi connectivity index (χ1v) is 8.27. The smallest absolute Gasteiger partial charge is 0.241 e. The summed E-state index contributed by atoms with van der Waals surface area (Å²) >= 11 is 0. The Morgan fingerprint density at radius 1 is 1.08 bits per heavy atom. The number of carbonyl (C=O) groups excluding carboxylic acids is 1. The third-order valence-electron chi connectivity index (χ3n) is 4.40. The molecule has 6 heteroatoms. The van der Waals surface area contributed by atoms with Crippen molar-refractivity contribution < 1.29 is 4.79 Å². The SMILES string of the molecule is Cc1ccc(NC(=O)[C@@H](C)N2CCN(c3ncccn3)CC2)cc1. The molecular formula is C18H23N5O. The zero-order valence-electron chi connectivity index (χ0n) is 14.1. The Hall–Kier alpha value is -2.47. The summed E-state index contributed by atoms with van der Waals surface area (Å²) in [6.45, 7) is 7.28. The average molecular weight is 325 g/mol. The second-order valence-electron chi connectivity index (χ2n) is 6.10. The first kappa shape index (κ1) is 16.4. The molecule has 0 radical (unpaired) electrons. The lowest BCUT2D eigenvalue weighted by molar-refractivity contribution is -0.120. The van der Waals surface area contributed by atoms with Gasteiger partial charge in [-0.2, -0.15) is 0 Å². The van der Waals surface area contributed by atoms with E-state index in [2.05, 4.69) is 25.1 Å². The highest BCUT2D eigenvalue weighted by Crippen LogP contribution is 2.14. The second kappa shape index (κ2) is 7.40. The molecule has 1 amide bonds. The maximum absolute atomic E-state index is 12.5. The van der Waals surface area contributed by atoms with Gasteiger partial charge in [-0.25, -0.2) is 9.97 Å². The van der Waals surface area contributed by atoms with Crippen LogP contribution in [0.25, 0.3) is 0 Å². The minimum Gasteiger partial charge on any atom is -0.338 e. The van der Waals surface area contributed by atoms with Crippen molar-refractivity contribution in [1.82, 2.24) is 14.9 Å². The summed E-state index contributed by atoms with van der Waals surface area (Å²) in [5, 5.41) is 2.99. The quantitative estimate of drug-likeness (QED) is 0.931. The van der Waals surface area contributed by atoms with E-state index in [0.29, 0.717) is 0 Å². The molecular weight excluding hydrogens is 302 g/mol. The van der Waals surface area contributed by atoms with Crippen molar-refractivity contribution in [2.24, 2.45) is 0 Å². The predicted octanol–water partition coefficient (Wildman–Crippen LogP) is 1.93. The molecule has 1 aromatic heterocycles. The zero-order valence-corrected chi connectivity index (χ0v) is 14.1. The lowest BCUT2D eigenvalue weighted by atomic mass is 10.2. The van der Waals surface area contributed by atoms with Crippen LogP contribution in [0.5, 0.6) is 0 Å². The van der Waals surface area contributed by atoms with Gasteiger partial charge in [0.15, 0.2) is 0 Å². The van der Waals surface area contributed by atoms with E-state index in [1.165, 1.54) is 5.56 Å². The molecule has 1 N–H and O–H groups in total. The maximum atomic E-state index is 12.5. The van der Waals surface area contributed by atoms with Crippen molar-refractivity contribution in [3.63, 3.8) is 0 Å². The largest absolute Gasteiger partial charge is 0.338 e. The van der Waals surface area contributed by atoms with Gasteiger partial charge in [-0.1, -0.05) is 17.7 Å². The molecule has 1 atom stereocenters. The number of nitrogens with one attached hydrogen (secondary N) is 1. The number of amides is 1. The fraction of sp³-hybridized carbons (Fsp3) is 0.389. The van der Waals surface area contributed by atoms with Crippen LogP contribution >= 0.6 is 0 Å². The molecule has 3 rings (SSSR count). The van der Waals surface area contributed by atoms with E-state index in [1.807, 2.05) is 44.2 Å². The number of hydrogen-bond donors (Lipinski definition) is 1. The van der Waals surface area contributed by atoms with Gasteiger partial charge in [0, 0.05) is 44.3 Å². The normalized spacial score (nSPS) is 16.7. The van der Waals surface area contributed by atoms with Gasteiger partial charge in [0.25, 0.3) is 0 Å². The Bertz CT molecular complexity index is 666. The molecule has 1 aliphatic heterocycles. The Kier molecular flexibility index (Phi) is 5.05. The number of piperazine rings is 1. The molecule has 1 aliphatic rings. The van der Waals surface area contributed by atoms with E-state index < -0.39 is 0 Å². The number of carbonyl (C=O) groups is 1. The van der Waals surface area contributed by atoms with E-state index in [0.717, 1.165) is 37.8 Å². The van der Waals surface area contributed by atoms with Crippen molar-refractivity contribution >= 4 is 17.5 Å². The Balaban J connectivity index is 1.53. The third-order valence-corrected chi connectivity index (χ3v) is 4.40. The number of aryl methyl sites for hydroxylation is 1. The summed E-state index contributed by atoms with van der Waals surface area (Å²) in [7, 11) is 0. The summed E-state index contributed by atoms with van der Waals surface area (Å²) in [6, 6.07) is 9.52. The fourth-order valence-corrected chi connectivity index (χ4v) is 2.81. The molecule has 1 saturated heterocycles. The highest BCUT2D eigenvalue weighted by Gasteiger charge is 2.26. The first-order valence-electron chi connectivity index (χ1n) is 8.27. The predicted molar refractivity (Wildman–Crippen MR) is 95.1 cm³/mol. The molecule has 24 heavy (non-hydrogen) atoms. The van der Waals surface area contributed by atoms with E-state index >= 15 is 0 Å². The lowest BCUT2D eigenvalue weighted by Crippen LogP contribution is -2.53. The van der Waals surface area contributed by atoms with Crippen molar-refractivity contribution in [3.05, 3.63) is 48.3 Å². The monoisotopic (exact) mass is 325 g/mol. The summed E-state index contributed by atoms with van der Waals surface area (Å²) in [5.41, 5.74) is 2.02. The Labute approximate surface area is 142 Å². The molecule has 6 nitrogen and oxygen atoms in total. The van der Waals surface area contributed by atoms with E-state index in [-0.39, 0.29) is 11.9 Å². The van der Waals surface area contributed by atoms with Crippen LogP contribution in [0.1, 0.15) is 12.5 Å². The first-order chi connectivity index (χ1) is 11.6. The van der Waals surface area contributed by atoms with E-state index in [9.17, 15) is 4.79 Å². The zero-order chi connectivity index (χ0) is 16.9. The van der Waals surface area contributed by atoms with Crippen molar-refractivity contribution in [3.8, 4) is 0 Å². The molecule has 0 aliphatic carbocycles. The molecule has 1 fully saturated rings. The van der Waals surface area contributed by atoms with Crippen LogP contribution in [0.2, 0.25) is 0 Å². The fourth-order valence-electron chi connectivity index (χ4n) is 2.81. The molecule has 0 bridgehead atoms. The van der Waals surface area contributed by atoms with Crippen molar-refractivity contribution in [1.29, 1.82) is 0 Å². The number of benzene rings is 1. The lowest BCUT2D eigenvalue weighted by Gasteiger charge is -2.37. The van der Waals surface area contributed by atoms with Crippen LogP contribution in [0.4, 0.5) is 11.6 Å². The molecule has 2 heterocycles. The highest BCUT2D eigenvalue weighted by molar-refractivity contribution is 5.94. The Morgan fingerprint density at radius 3 is 2.33 bits per heavy atom. The number of aromatic nitrogens is 2. The summed E-state index contributed by atoms with van der Waals surface area (Å²) in [4.78, 5) is 25.4. The average Bonchev–Trinajstić information content (AvgIpc) is 2.64. The number of hydrogen-bond acceptors (Lipinski definition) is 5. The van der Waals surface area contributed by atoms with Crippen molar-refractivity contribution in [2.75, 3.05) is 36.4 Å². The van der Waals surface area contributed by atoms with Crippen LogP contribution in [0.3, 0.4) is 0 Å². The standard InChI is InChI=1S/C18H23N5O/c1-14-4-6-16(7-5-14)21-17(24)15(2)22-10-12-23(13-11-22)18-19-8-3-9-20-18/h3-9,15H,10-13H2,1-2H3,(H,21,24)/t15-/m1/s1. The third kappa shape index (κ3) is 3.89. The number of nitrogens with zero attached hydrogens (tertiary/aromatic N) is 4. The molecule has 0 unspecified atom stereocenters. The van der Waals surface area contributed by atoms with Gasteiger partial charge >= 0.3 is 0 Å². The second-order valence-corrected chi connectivity index (χ2v) is 6.10. The summed E-state index contributed by atoms with van der Waals surface area (Å²) in [5.74, 6) is 0.789. The van der Waals surface area contributed by atoms with Gasteiger partial charge in [0.05, 0.1) is 6.04 Å². The van der Waals surface area contributed by atoms with Crippen LogP contribution in [0, 0.1) is 6.92 Å². The molecule has 0 saturated carbocycles. The van der Waals surface area contributed by atoms with E-state index in [4.69, 9.17) is 0 Å². The van der Waals surface area contributed by atoms with Gasteiger partial charge < -0.3 is 10.2 Å². The van der Waals surface area contributed by atoms with Crippen molar-refractivity contribution in [2.45, 2.75) is 19.9 Å². The minimum atomic E-state index is -0.162. The van der Waals surface area contributed by atoms with Crippen LogP contribution in [0.15, 0.2) is 42.7 Å². The van der Waals surface area contributed by atoms with Crippen LogP contribution in [-0.2, 0) is 4.79 Å². The van der Waals surface area contributed by atoms with E-state index in [1.54, 1.807) is 12.4 Å². The Morgan fingerprint density at radius 2 is 1.71 bits per heavy atom. The van der Waals surface area contributed by atoms with Gasteiger partial charge in [-0.15, -0.1) is 0 Å². The summed E-state index contributed by atoms with van der Waals surface area (Å²) < 4.78 is 0. The maximum Gasteiger partial charge on any atom is 0.241 e. The molecule has 1 aromatic carbocycles. The minimum absolute atomic E-state index is 0.0308. The molecule has 2 aromatic rings. The highest BCUT2D eigenvalue weighted by atomic mass is 16.2. The topological polar surface area (TPSA) is 61.4 Å².